The quantitative estimate of drug-likeness (QED) is 0.302. The highest BCUT2D eigenvalue weighted by atomic mass is 16.5. The molecular formula is C30H19N5O2. The highest BCUT2D eigenvalue weighted by molar-refractivity contribution is 5.89. The molecule has 0 unspecified atom stereocenters. The number of para-hydroxylation sites is 3. The van der Waals surface area contributed by atoms with Gasteiger partial charge < -0.3 is 9.84 Å². The van der Waals surface area contributed by atoms with E-state index in [1.54, 1.807) is 4.57 Å². The zero-order chi connectivity index (χ0) is 24.8. The summed E-state index contributed by atoms with van der Waals surface area (Å²) in [5.74, 6) is 1.06. The molecule has 3 heterocycles. The van der Waals surface area contributed by atoms with Crippen molar-refractivity contribution < 1.29 is 9.84 Å². The number of hydrogen-bond acceptors (Lipinski definition) is 6. The third kappa shape index (κ3) is 3.70. The molecule has 7 heteroatoms. The Labute approximate surface area is 211 Å². The van der Waals surface area contributed by atoms with Gasteiger partial charge in [0.05, 0.1) is 22.2 Å². The van der Waals surface area contributed by atoms with Gasteiger partial charge in [-0.15, -0.1) is 0 Å². The van der Waals surface area contributed by atoms with E-state index in [0.29, 0.717) is 22.6 Å². The summed E-state index contributed by atoms with van der Waals surface area (Å²) < 4.78 is 7.77. The van der Waals surface area contributed by atoms with Crippen LogP contribution in [0.5, 0.6) is 17.8 Å². The average molecular weight is 482 g/mol. The van der Waals surface area contributed by atoms with E-state index in [1.165, 1.54) is 0 Å². The van der Waals surface area contributed by atoms with Crippen LogP contribution in [0.25, 0.3) is 49.8 Å². The predicted octanol–water partition coefficient (Wildman–Crippen LogP) is 6.68. The van der Waals surface area contributed by atoms with E-state index in [1.807, 2.05) is 97.2 Å². The van der Waals surface area contributed by atoms with Gasteiger partial charge in [-0.25, -0.2) is 4.57 Å². The highest BCUT2D eigenvalue weighted by Crippen LogP contribution is 2.32. The smallest absolute Gasteiger partial charge is 0.324 e. The summed E-state index contributed by atoms with van der Waals surface area (Å²) in [6.07, 6.45) is 1.87. The minimum absolute atomic E-state index is 0.152. The SMILES string of the molecule is Oc1nc2ccccc2n1-c1nc(Oc2cccc(-c3cc4ccccc4cn3)c2)nc2ccccc12. The molecule has 0 fully saturated rings. The van der Waals surface area contributed by atoms with Crippen LogP contribution >= 0.6 is 0 Å². The molecule has 0 atom stereocenters. The van der Waals surface area contributed by atoms with Crippen molar-refractivity contribution in [1.82, 2.24) is 24.5 Å². The standard InChI is InChI=1S/C30H19N5O2/c36-30-33-25-14-5-6-15-27(25)35(30)28-23-12-3-4-13-24(23)32-29(34-28)37-22-11-7-10-20(16-22)26-17-19-8-1-2-9-21(19)18-31-26/h1-18H,(H,33,36). The second-order valence-electron chi connectivity index (χ2n) is 8.63. The summed E-state index contributed by atoms with van der Waals surface area (Å²) in [5, 5.41) is 13.7. The summed E-state index contributed by atoms with van der Waals surface area (Å²) in [6, 6.07) is 33.0. The van der Waals surface area contributed by atoms with Gasteiger partial charge in [-0.3, -0.25) is 4.98 Å². The molecule has 0 saturated heterocycles. The first-order chi connectivity index (χ1) is 18.2. The second-order valence-corrected chi connectivity index (χ2v) is 8.63. The third-order valence-electron chi connectivity index (χ3n) is 6.29. The minimum atomic E-state index is -0.152. The van der Waals surface area contributed by atoms with Crippen molar-refractivity contribution >= 4 is 32.7 Å². The van der Waals surface area contributed by atoms with Gasteiger partial charge in [0, 0.05) is 22.5 Å². The van der Waals surface area contributed by atoms with E-state index in [0.717, 1.165) is 32.9 Å². The first-order valence-corrected chi connectivity index (χ1v) is 11.8. The molecule has 0 aliphatic carbocycles. The van der Waals surface area contributed by atoms with Crippen molar-refractivity contribution in [1.29, 1.82) is 0 Å². The lowest BCUT2D eigenvalue weighted by molar-refractivity contribution is 0.420. The Morgan fingerprint density at radius 3 is 2.38 bits per heavy atom. The van der Waals surface area contributed by atoms with E-state index in [-0.39, 0.29) is 12.0 Å². The second kappa shape index (κ2) is 8.42. The number of benzene rings is 4. The topological polar surface area (TPSA) is 86.0 Å². The number of nitrogens with zero attached hydrogens (tertiary/aromatic N) is 5. The molecule has 0 saturated carbocycles. The Bertz CT molecular complexity index is 1950. The molecule has 37 heavy (non-hydrogen) atoms. The predicted molar refractivity (Wildman–Crippen MR) is 143 cm³/mol. The molecular weight excluding hydrogens is 462 g/mol. The first kappa shape index (κ1) is 21.0. The summed E-state index contributed by atoms with van der Waals surface area (Å²) in [5.41, 5.74) is 3.86. The third-order valence-corrected chi connectivity index (χ3v) is 6.29. The fourth-order valence-electron chi connectivity index (χ4n) is 4.54. The van der Waals surface area contributed by atoms with Crippen molar-refractivity contribution in [3.8, 4) is 34.8 Å². The Morgan fingerprint density at radius 2 is 1.46 bits per heavy atom. The van der Waals surface area contributed by atoms with Gasteiger partial charge in [-0.2, -0.15) is 15.0 Å². The Kier molecular flexibility index (Phi) is 4.79. The van der Waals surface area contributed by atoms with Crippen LogP contribution in [0.3, 0.4) is 0 Å². The molecule has 0 spiro atoms. The maximum Gasteiger partial charge on any atom is 0.324 e. The molecule has 0 bridgehead atoms. The Balaban J connectivity index is 1.32. The maximum absolute atomic E-state index is 10.7. The van der Waals surface area contributed by atoms with Crippen molar-refractivity contribution in [3.05, 3.63) is 109 Å². The lowest BCUT2D eigenvalue weighted by Crippen LogP contribution is -2.02. The van der Waals surface area contributed by atoms with Gasteiger partial charge in [0.25, 0.3) is 0 Å². The summed E-state index contributed by atoms with van der Waals surface area (Å²) in [4.78, 5) is 18.3. The van der Waals surface area contributed by atoms with E-state index in [2.05, 4.69) is 27.1 Å². The summed E-state index contributed by atoms with van der Waals surface area (Å²) in [7, 11) is 0. The number of ether oxygens (including phenoxy) is 1. The fourth-order valence-corrected chi connectivity index (χ4v) is 4.54. The molecule has 1 N–H and O–H groups in total. The number of imidazole rings is 1. The van der Waals surface area contributed by atoms with E-state index < -0.39 is 0 Å². The van der Waals surface area contributed by atoms with Crippen molar-refractivity contribution in [2.75, 3.05) is 0 Å². The molecule has 0 radical (unpaired) electrons. The number of pyridine rings is 1. The van der Waals surface area contributed by atoms with Gasteiger partial charge in [-0.05, 0) is 47.9 Å². The monoisotopic (exact) mass is 481 g/mol. The zero-order valence-electron chi connectivity index (χ0n) is 19.5. The zero-order valence-corrected chi connectivity index (χ0v) is 19.5. The van der Waals surface area contributed by atoms with Crippen molar-refractivity contribution in [2.45, 2.75) is 0 Å². The van der Waals surface area contributed by atoms with Gasteiger partial charge >= 0.3 is 12.0 Å². The van der Waals surface area contributed by atoms with Crippen LogP contribution in [0.4, 0.5) is 0 Å². The van der Waals surface area contributed by atoms with Crippen LogP contribution in [-0.4, -0.2) is 29.6 Å². The average Bonchev–Trinajstić information content (AvgIpc) is 3.28. The fraction of sp³-hybridized carbons (Fsp3) is 0. The Hall–Kier alpha value is -5.30. The molecule has 0 aliphatic heterocycles. The van der Waals surface area contributed by atoms with E-state index >= 15 is 0 Å². The van der Waals surface area contributed by atoms with Gasteiger partial charge in [0.2, 0.25) is 0 Å². The van der Waals surface area contributed by atoms with E-state index in [9.17, 15) is 5.11 Å². The molecule has 0 aliphatic rings. The lowest BCUT2D eigenvalue weighted by Gasteiger charge is -2.12. The molecule has 7 nitrogen and oxygen atoms in total. The lowest BCUT2D eigenvalue weighted by atomic mass is 10.1. The van der Waals surface area contributed by atoms with Crippen LogP contribution in [-0.2, 0) is 0 Å². The van der Waals surface area contributed by atoms with Crippen LogP contribution in [0, 0.1) is 0 Å². The number of fused-ring (bicyclic) bond motifs is 3. The van der Waals surface area contributed by atoms with Crippen LogP contribution in [0.1, 0.15) is 0 Å². The summed E-state index contributed by atoms with van der Waals surface area (Å²) >= 11 is 0. The first-order valence-electron chi connectivity index (χ1n) is 11.8. The van der Waals surface area contributed by atoms with Crippen LogP contribution in [0.15, 0.2) is 109 Å². The normalized spacial score (nSPS) is 11.4. The number of aromatic nitrogens is 5. The molecule has 3 aromatic heterocycles. The van der Waals surface area contributed by atoms with Gasteiger partial charge in [0.1, 0.15) is 5.75 Å². The number of rotatable bonds is 4. The van der Waals surface area contributed by atoms with Crippen LogP contribution < -0.4 is 4.74 Å². The molecule has 176 valence electrons. The molecule has 7 rings (SSSR count). The largest absolute Gasteiger partial charge is 0.480 e. The maximum atomic E-state index is 10.7. The van der Waals surface area contributed by atoms with Gasteiger partial charge in [0.15, 0.2) is 5.82 Å². The van der Waals surface area contributed by atoms with Crippen molar-refractivity contribution in [3.63, 3.8) is 0 Å². The molecule has 0 amide bonds. The van der Waals surface area contributed by atoms with Crippen molar-refractivity contribution in [2.24, 2.45) is 0 Å². The minimum Gasteiger partial charge on any atom is -0.480 e. The number of hydrogen-bond donors (Lipinski definition) is 1. The summed E-state index contributed by atoms with van der Waals surface area (Å²) in [6.45, 7) is 0. The molecule has 7 aromatic rings. The van der Waals surface area contributed by atoms with Gasteiger partial charge in [-0.1, -0.05) is 60.7 Å². The molecule has 4 aromatic carbocycles. The highest BCUT2D eigenvalue weighted by Gasteiger charge is 2.18. The number of aromatic hydroxyl groups is 1. The Morgan fingerprint density at radius 1 is 0.676 bits per heavy atom. The van der Waals surface area contributed by atoms with Crippen LogP contribution in [0.2, 0.25) is 0 Å². The van der Waals surface area contributed by atoms with E-state index in [4.69, 9.17) is 9.72 Å².